The SMILES string of the molecule is Cc1ccccc1OC(C)C(=O)NCCCc1ccco1. The zero-order valence-electron chi connectivity index (χ0n) is 12.5. The maximum absolute atomic E-state index is 12.0. The topological polar surface area (TPSA) is 51.5 Å². The van der Waals surface area contributed by atoms with Gasteiger partial charge in [-0.05, 0) is 44.0 Å². The molecule has 0 saturated carbocycles. The molecule has 1 aromatic carbocycles. The molecule has 1 heterocycles. The first-order valence-electron chi connectivity index (χ1n) is 7.19. The van der Waals surface area contributed by atoms with Crippen LogP contribution in [0, 0.1) is 6.92 Å². The number of nitrogens with one attached hydrogen (secondary N) is 1. The van der Waals surface area contributed by atoms with Gasteiger partial charge >= 0.3 is 0 Å². The van der Waals surface area contributed by atoms with Gasteiger partial charge in [-0.2, -0.15) is 0 Å². The van der Waals surface area contributed by atoms with Crippen molar-refractivity contribution in [3.05, 3.63) is 54.0 Å². The molecule has 2 rings (SSSR count). The number of carbonyl (C=O) groups excluding carboxylic acids is 1. The van der Waals surface area contributed by atoms with Gasteiger partial charge in [0.15, 0.2) is 6.10 Å². The third-order valence-electron chi connectivity index (χ3n) is 3.25. The molecule has 1 aromatic heterocycles. The standard InChI is InChI=1S/C17H21NO3/c1-13-7-3-4-10-16(13)21-14(2)17(19)18-11-5-8-15-9-6-12-20-15/h3-4,6-7,9-10,12,14H,5,8,11H2,1-2H3,(H,18,19). The number of furan rings is 1. The summed E-state index contributed by atoms with van der Waals surface area (Å²) in [5.41, 5.74) is 1.02. The summed E-state index contributed by atoms with van der Waals surface area (Å²) in [6.07, 6.45) is 2.82. The van der Waals surface area contributed by atoms with Crippen LogP contribution in [0.4, 0.5) is 0 Å². The summed E-state index contributed by atoms with van der Waals surface area (Å²) < 4.78 is 10.9. The van der Waals surface area contributed by atoms with Crippen LogP contribution in [0.1, 0.15) is 24.7 Å². The minimum atomic E-state index is -0.505. The maximum Gasteiger partial charge on any atom is 0.260 e. The molecule has 0 spiro atoms. The number of aryl methyl sites for hydroxylation is 2. The monoisotopic (exact) mass is 287 g/mol. The van der Waals surface area contributed by atoms with E-state index >= 15 is 0 Å². The molecule has 21 heavy (non-hydrogen) atoms. The summed E-state index contributed by atoms with van der Waals surface area (Å²) in [6, 6.07) is 11.5. The first-order valence-corrected chi connectivity index (χ1v) is 7.19. The molecule has 0 fully saturated rings. The molecule has 1 amide bonds. The van der Waals surface area contributed by atoms with Crippen molar-refractivity contribution in [3.63, 3.8) is 0 Å². The van der Waals surface area contributed by atoms with Gasteiger partial charge in [-0.15, -0.1) is 0 Å². The molecule has 0 aliphatic heterocycles. The van der Waals surface area contributed by atoms with E-state index in [9.17, 15) is 4.79 Å². The Morgan fingerprint density at radius 2 is 2.10 bits per heavy atom. The summed E-state index contributed by atoms with van der Waals surface area (Å²) in [4.78, 5) is 12.0. The van der Waals surface area contributed by atoms with E-state index in [2.05, 4.69) is 5.32 Å². The van der Waals surface area contributed by atoms with E-state index in [1.54, 1.807) is 13.2 Å². The lowest BCUT2D eigenvalue weighted by molar-refractivity contribution is -0.127. The Labute approximate surface area is 125 Å². The predicted octanol–water partition coefficient (Wildman–Crippen LogP) is 3.10. The molecule has 112 valence electrons. The van der Waals surface area contributed by atoms with Gasteiger partial charge < -0.3 is 14.5 Å². The van der Waals surface area contributed by atoms with Crippen molar-refractivity contribution < 1.29 is 13.9 Å². The van der Waals surface area contributed by atoms with Gasteiger partial charge in [0.25, 0.3) is 5.91 Å². The highest BCUT2D eigenvalue weighted by Crippen LogP contribution is 2.17. The van der Waals surface area contributed by atoms with Crippen LogP contribution in [0.2, 0.25) is 0 Å². The van der Waals surface area contributed by atoms with Gasteiger partial charge in [0.2, 0.25) is 0 Å². The second-order valence-electron chi connectivity index (χ2n) is 5.00. The lowest BCUT2D eigenvalue weighted by Crippen LogP contribution is -2.37. The summed E-state index contributed by atoms with van der Waals surface area (Å²) in [6.45, 7) is 4.33. The lowest BCUT2D eigenvalue weighted by atomic mass is 10.2. The number of ether oxygens (including phenoxy) is 1. The Morgan fingerprint density at radius 3 is 2.81 bits per heavy atom. The maximum atomic E-state index is 12.0. The van der Waals surface area contributed by atoms with Crippen LogP contribution in [0.15, 0.2) is 47.1 Å². The Hall–Kier alpha value is -2.23. The summed E-state index contributed by atoms with van der Waals surface area (Å²) >= 11 is 0. The number of amides is 1. The lowest BCUT2D eigenvalue weighted by Gasteiger charge is -2.16. The Bertz CT molecular complexity index is 563. The highest BCUT2D eigenvalue weighted by molar-refractivity contribution is 5.80. The summed E-state index contributed by atoms with van der Waals surface area (Å²) in [5, 5.41) is 2.88. The summed E-state index contributed by atoms with van der Waals surface area (Å²) in [5.74, 6) is 1.59. The van der Waals surface area contributed by atoms with Crippen LogP contribution in [0.25, 0.3) is 0 Å². The number of hydrogen-bond donors (Lipinski definition) is 1. The van der Waals surface area contributed by atoms with Crippen molar-refractivity contribution in [2.75, 3.05) is 6.54 Å². The minimum Gasteiger partial charge on any atom is -0.481 e. The number of rotatable bonds is 7. The van der Waals surface area contributed by atoms with Crippen molar-refractivity contribution >= 4 is 5.91 Å². The number of hydrogen-bond acceptors (Lipinski definition) is 3. The largest absolute Gasteiger partial charge is 0.481 e. The number of benzene rings is 1. The highest BCUT2D eigenvalue weighted by Gasteiger charge is 2.14. The van der Waals surface area contributed by atoms with Gasteiger partial charge in [-0.1, -0.05) is 18.2 Å². The average molecular weight is 287 g/mol. The molecule has 0 bridgehead atoms. The van der Waals surface area contributed by atoms with Gasteiger partial charge in [0.1, 0.15) is 11.5 Å². The van der Waals surface area contributed by atoms with Crippen molar-refractivity contribution in [3.8, 4) is 5.75 Å². The van der Waals surface area contributed by atoms with E-state index in [0.717, 1.165) is 29.9 Å². The molecule has 2 aromatic rings. The van der Waals surface area contributed by atoms with Crippen molar-refractivity contribution in [2.24, 2.45) is 0 Å². The molecule has 0 aliphatic rings. The molecule has 1 unspecified atom stereocenters. The molecular formula is C17H21NO3. The van der Waals surface area contributed by atoms with Crippen LogP contribution >= 0.6 is 0 Å². The van der Waals surface area contributed by atoms with E-state index in [1.807, 2.05) is 43.3 Å². The van der Waals surface area contributed by atoms with Gasteiger partial charge in [0.05, 0.1) is 6.26 Å². The fourth-order valence-corrected chi connectivity index (χ4v) is 2.01. The Kier molecular flexibility index (Phi) is 5.43. The van der Waals surface area contributed by atoms with Crippen molar-refractivity contribution in [1.29, 1.82) is 0 Å². The summed E-state index contributed by atoms with van der Waals surface area (Å²) in [7, 11) is 0. The predicted molar refractivity (Wildman–Crippen MR) is 81.3 cm³/mol. The van der Waals surface area contributed by atoms with E-state index < -0.39 is 6.10 Å². The number of para-hydroxylation sites is 1. The number of carbonyl (C=O) groups is 1. The minimum absolute atomic E-state index is 0.0994. The van der Waals surface area contributed by atoms with E-state index in [-0.39, 0.29) is 5.91 Å². The normalized spacial score (nSPS) is 11.9. The molecule has 1 N–H and O–H groups in total. The van der Waals surface area contributed by atoms with Crippen LogP contribution in [-0.2, 0) is 11.2 Å². The van der Waals surface area contributed by atoms with Gasteiger partial charge in [-0.25, -0.2) is 0 Å². The third kappa shape index (κ3) is 4.67. The van der Waals surface area contributed by atoms with Crippen LogP contribution in [0.3, 0.4) is 0 Å². The highest BCUT2D eigenvalue weighted by atomic mass is 16.5. The Morgan fingerprint density at radius 1 is 1.29 bits per heavy atom. The molecule has 4 heteroatoms. The molecule has 0 radical (unpaired) electrons. The smallest absolute Gasteiger partial charge is 0.260 e. The third-order valence-corrected chi connectivity index (χ3v) is 3.25. The van der Waals surface area contributed by atoms with Crippen LogP contribution in [0.5, 0.6) is 5.75 Å². The Balaban J connectivity index is 1.71. The fraction of sp³-hybridized carbons (Fsp3) is 0.353. The molecule has 0 aliphatic carbocycles. The molecule has 4 nitrogen and oxygen atoms in total. The van der Waals surface area contributed by atoms with Gasteiger partial charge in [0, 0.05) is 13.0 Å². The zero-order valence-corrected chi connectivity index (χ0v) is 12.5. The van der Waals surface area contributed by atoms with Gasteiger partial charge in [-0.3, -0.25) is 4.79 Å². The second-order valence-corrected chi connectivity index (χ2v) is 5.00. The van der Waals surface area contributed by atoms with Crippen molar-refractivity contribution in [1.82, 2.24) is 5.32 Å². The second kappa shape index (κ2) is 7.53. The first kappa shape index (κ1) is 15.2. The van der Waals surface area contributed by atoms with E-state index in [4.69, 9.17) is 9.15 Å². The quantitative estimate of drug-likeness (QED) is 0.796. The zero-order chi connectivity index (χ0) is 15.1. The van der Waals surface area contributed by atoms with E-state index in [1.165, 1.54) is 0 Å². The van der Waals surface area contributed by atoms with E-state index in [0.29, 0.717) is 6.54 Å². The van der Waals surface area contributed by atoms with Crippen molar-refractivity contribution in [2.45, 2.75) is 32.8 Å². The first-order chi connectivity index (χ1) is 10.2. The average Bonchev–Trinajstić information content (AvgIpc) is 2.99. The molecule has 1 atom stereocenters. The fourth-order valence-electron chi connectivity index (χ4n) is 2.01. The van der Waals surface area contributed by atoms with Crippen LogP contribution < -0.4 is 10.1 Å². The van der Waals surface area contributed by atoms with Crippen LogP contribution in [-0.4, -0.2) is 18.6 Å². The molecular weight excluding hydrogens is 266 g/mol. The molecule has 0 saturated heterocycles.